The van der Waals surface area contributed by atoms with Gasteiger partial charge in [-0.15, -0.1) is 0 Å². The summed E-state index contributed by atoms with van der Waals surface area (Å²) in [6, 6.07) is 0. The molecule has 22 heavy (non-hydrogen) atoms. The van der Waals surface area contributed by atoms with Crippen LogP contribution in [0, 0.1) is 23.7 Å². The Labute approximate surface area is 134 Å². The summed E-state index contributed by atoms with van der Waals surface area (Å²) in [5, 5.41) is 20.4. The molecule has 2 N–H and O–H groups in total. The van der Waals surface area contributed by atoms with Crippen molar-refractivity contribution in [3.8, 4) is 0 Å². The van der Waals surface area contributed by atoms with E-state index in [1.807, 2.05) is 12.2 Å². The van der Waals surface area contributed by atoms with E-state index in [9.17, 15) is 15.0 Å². The lowest BCUT2D eigenvalue weighted by Gasteiger charge is -2.19. The average Bonchev–Trinajstić information content (AvgIpc) is 2.93. The van der Waals surface area contributed by atoms with Crippen LogP contribution in [0.25, 0.3) is 0 Å². The normalized spacial score (nSPS) is 34.4. The number of aliphatic hydroxyl groups excluding tert-OH is 2. The van der Waals surface area contributed by atoms with Gasteiger partial charge < -0.3 is 10.2 Å². The molecule has 2 aliphatic rings. The smallest absolute Gasteiger partial charge is 0.161 e. The number of hydrogen-bond donors (Lipinski definition) is 2. The first kappa shape index (κ1) is 17.4. The number of carbonyl (C=O) groups excluding carboxylic acids is 1. The SMILES string of the molecule is C=C1C[C@H]2[C@H](C=CCC(O)C(C)CCCC)[C@H](O)C[C@@H]2C1=O. The fourth-order valence-electron chi connectivity index (χ4n) is 3.97. The maximum absolute atomic E-state index is 12.0. The van der Waals surface area contributed by atoms with Crippen molar-refractivity contribution in [1.82, 2.24) is 0 Å². The lowest BCUT2D eigenvalue weighted by Crippen LogP contribution is -2.18. The summed E-state index contributed by atoms with van der Waals surface area (Å²) < 4.78 is 0. The first-order valence-electron chi connectivity index (χ1n) is 8.70. The zero-order valence-electron chi connectivity index (χ0n) is 13.9. The fraction of sp³-hybridized carbons (Fsp3) is 0.737. The van der Waals surface area contributed by atoms with Gasteiger partial charge in [0.2, 0.25) is 0 Å². The van der Waals surface area contributed by atoms with E-state index in [-0.39, 0.29) is 29.6 Å². The Balaban J connectivity index is 1.87. The third-order valence-corrected chi connectivity index (χ3v) is 5.52. The Morgan fingerprint density at radius 1 is 1.45 bits per heavy atom. The molecule has 0 aromatic heterocycles. The minimum atomic E-state index is -0.432. The van der Waals surface area contributed by atoms with Gasteiger partial charge in [-0.3, -0.25) is 4.79 Å². The van der Waals surface area contributed by atoms with Crippen molar-refractivity contribution in [3.63, 3.8) is 0 Å². The summed E-state index contributed by atoms with van der Waals surface area (Å²) in [5.74, 6) is 0.657. The Hall–Kier alpha value is -0.930. The Morgan fingerprint density at radius 3 is 2.86 bits per heavy atom. The monoisotopic (exact) mass is 306 g/mol. The molecule has 3 heteroatoms. The number of unbranched alkanes of at least 4 members (excludes halogenated alkanes) is 1. The number of allylic oxidation sites excluding steroid dienone is 1. The molecule has 0 aliphatic heterocycles. The molecule has 2 unspecified atom stereocenters. The number of carbonyl (C=O) groups is 1. The molecular weight excluding hydrogens is 276 g/mol. The Morgan fingerprint density at radius 2 is 2.18 bits per heavy atom. The summed E-state index contributed by atoms with van der Waals surface area (Å²) >= 11 is 0. The quantitative estimate of drug-likeness (QED) is 0.560. The third kappa shape index (κ3) is 3.69. The molecule has 3 nitrogen and oxygen atoms in total. The van der Waals surface area contributed by atoms with Gasteiger partial charge in [-0.25, -0.2) is 0 Å². The van der Waals surface area contributed by atoms with Crippen LogP contribution in [0.1, 0.15) is 52.4 Å². The van der Waals surface area contributed by atoms with Crippen molar-refractivity contribution in [2.75, 3.05) is 0 Å². The molecule has 0 spiro atoms. The van der Waals surface area contributed by atoms with Gasteiger partial charge in [0, 0.05) is 11.8 Å². The van der Waals surface area contributed by atoms with E-state index in [1.165, 1.54) is 0 Å². The summed E-state index contributed by atoms with van der Waals surface area (Å²) in [4.78, 5) is 12.0. The molecule has 2 aliphatic carbocycles. The predicted molar refractivity (Wildman–Crippen MR) is 88.3 cm³/mol. The van der Waals surface area contributed by atoms with E-state index in [0.717, 1.165) is 19.3 Å². The van der Waals surface area contributed by atoms with Crippen molar-refractivity contribution < 1.29 is 15.0 Å². The molecule has 0 bridgehead atoms. The average molecular weight is 306 g/mol. The summed E-state index contributed by atoms with van der Waals surface area (Å²) in [6.07, 6.45) is 8.52. The number of Topliss-reactive ketones (excluding diaryl/α,β-unsaturated/α-hetero) is 1. The Kier molecular flexibility index (Phi) is 5.99. The van der Waals surface area contributed by atoms with Gasteiger partial charge in [0.25, 0.3) is 0 Å². The van der Waals surface area contributed by atoms with Crippen molar-refractivity contribution >= 4 is 5.78 Å². The van der Waals surface area contributed by atoms with Crippen molar-refractivity contribution in [3.05, 3.63) is 24.3 Å². The lowest BCUT2D eigenvalue weighted by atomic mass is 9.89. The second-order valence-electron chi connectivity index (χ2n) is 7.17. The van der Waals surface area contributed by atoms with Crippen LogP contribution >= 0.6 is 0 Å². The number of aliphatic hydroxyl groups is 2. The first-order valence-corrected chi connectivity index (χ1v) is 8.70. The number of fused-ring (bicyclic) bond motifs is 1. The summed E-state index contributed by atoms with van der Waals surface area (Å²) in [7, 11) is 0. The molecule has 2 fully saturated rings. The van der Waals surface area contributed by atoms with E-state index in [4.69, 9.17) is 0 Å². The minimum Gasteiger partial charge on any atom is -0.393 e. The van der Waals surface area contributed by atoms with Gasteiger partial charge in [-0.2, -0.15) is 0 Å². The van der Waals surface area contributed by atoms with Crippen molar-refractivity contribution in [1.29, 1.82) is 0 Å². The summed E-state index contributed by atoms with van der Waals surface area (Å²) in [6.45, 7) is 8.09. The zero-order chi connectivity index (χ0) is 16.3. The van der Waals surface area contributed by atoms with Gasteiger partial charge in [-0.05, 0) is 43.1 Å². The number of rotatable bonds is 7. The predicted octanol–water partition coefficient (Wildman–Crippen LogP) is 3.26. The van der Waals surface area contributed by atoms with Crippen molar-refractivity contribution in [2.45, 2.75) is 64.6 Å². The first-order chi connectivity index (χ1) is 10.5. The van der Waals surface area contributed by atoms with Crippen LogP contribution in [-0.4, -0.2) is 28.2 Å². The summed E-state index contributed by atoms with van der Waals surface area (Å²) in [5.41, 5.74) is 0.716. The van der Waals surface area contributed by atoms with Gasteiger partial charge in [0.1, 0.15) is 0 Å². The van der Waals surface area contributed by atoms with Gasteiger partial charge in [-0.1, -0.05) is 45.4 Å². The molecule has 2 rings (SSSR count). The molecule has 124 valence electrons. The highest BCUT2D eigenvalue weighted by Gasteiger charge is 2.49. The van der Waals surface area contributed by atoms with Gasteiger partial charge >= 0.3 is 0 Å². The molecule has 6 atom stereocenters. The maximum atomic E-state index is 12.0. The minimum absolute atomic E-state index is 0.0337. The largest absolute Gasteiger partial charge is 0.393 e. The molecule has 2 saturated carbocycles. The van der Waals surface area contributed by atoms with E-state index in [0.29, 0.717) is 30.8 Å². The van der Waals surface area contributed by atoms with Gasteiger partial charge in [0.05, 0.1) is 12.2 Å². The standard InChI is InChI=1S/C19H30O3/c1-4-5-7-12(2)17(20)9-6-8-14-15-10-13(3)19(22)16(15)11-18(14)21/h6,8,12,14-18,20-21H,3-5,7,9-11H2,1-2H3/t12?,14-,15-,16-,17?,18+/m0/s1. The van der Waals surface area contributed by atoms with E-state index in [1.54, 1.807) is 0 Å². The molecule has 0 aromatic rings. The van der Waals surface area contributed by atoms with Crippen LogP contribution < -0.4 is 0 Å². The third-order valence-electron chi connectivity index (χ3n) is 5.52. The van der Waals surface area contributed by atoms with E-state index >= 15 is 0 Å². The Bertz CT molecular complexity index is 440. The highest BCUT2D eigenvalue weighted by Crippen LogP contribution is 2.48. The maximum Gasteiger partial charge on any atom is 0.161 e. The van der Waals surface area contributed by atoms with Crippen LogP contribution in [0.2, 0.25) is 0 Å². The van der Waals surface area contributed by atoms with Crippen LogP contribution in [0.4, 0.5) is 0 Å². The molecule has 0 amide bonds. The van der Waals surface area contributed by atoms with Crippen LogP contribution in [0.5, 0.6) is 0 Å². The number of hydrogen-bond acceptors (Lipinski definition) is 3. The molecule has 0 saturated heterocycles. The topological polar surface area (TPSA) is 57.5 Å². The zero-order valence-corrected chi connectivity index (χ0v) is 13.9. The van der Waals surface area contributed by atoms with Crippen LogP contribution in [0.15, 0.2) is 24.3 Å². The van der Waals surface area contributed by atoms with Crippen LogP contribution in [-0.2, 0) is 4.79 Å². The number of ketones is 1. The van der Waals surface area contributed by atoms with E-state index in [2.05, 4.69) is 20.4 Å². The van der Waals surface area contributed by atoms with E-state index < -0.39 is 6.10 Å². The van der Waals surface area contributed by atoms with Crippen LogP contribution in [0.3, 0.4) is 0 Å². The fourth-order valence-corrected chi connectivity index (χ4v) is 3.97. The second kappa shape index (κ2) is 7.56. The van der Waals surface area contributed by atoms with Crippen molar-refractivity contribution in [2.24, 2.45) is 23.7 Å². The molecule has 0 heterocycles. The highest BCUT2D eigenvalue weighted by molar-refractivity contribution is 5.99. The highest BCUT2D eigenvalue weighted by atomic mass is 16.3. The molecular formula is C19H30O3. The lowest BCUT2D eigenvalue weighted by molar-refractivity contribution is -0.118. The molecule has 0 aromatic carbocycles. The molecule has 0 radical (unpaired) electrons. The van der Waals surface area contributed by atoms with Gasteiger partial charge in [0.15, 0.2) is 5.78 Å². The second-order valence-corrected chi connectivity index (χ2v) is 7.17.